The lowest BCUT2D eigenvalue weighted by Crippen LogP contribution is -2.20. The van der Waals surface area contributed by atoms with Gasteiger partial charge in [0, 0.05) is 11.6 Å². The van der Waals surface area contributed by atoms with Gasteiger partial charge in [-0.25, -0.2) is 9.37 Å². The minimum atomic E-state index is -5.03. The first kappa shape index (κ1) is 14.0. The number of hydrogen-bond donors (Lipinski definition) is 2. The zero-order valence-electron chi connectivity index (χ0n) is 8.79. The van der Waals surface area contributed by atoms with Crippen molar-refractivity contribution in [3.63, 3.8) is 0 Å². The van der Waals surface area contributed by atoms with Crippen LogP contribution in [0, 0.1) is 0 Å². The van der Waals surface area contributed by atoms with Crippen LogP contribution in [0.1, 0.15) is 11.3 Å². The summed E-state index contributed by atoms with van der Waals surface area (Å²) in [5, 5.41) is 8.55. The molecule has 5 nitrogen and oxygen atoms in total. The molecule has 0 aliphatic heterocycles. The summed E-state index contributed by atoms with van der Waals surface area (Å²) >= 11 is 0. The minimum Gasteiger partial charge on any atom is -0.481 e. The molecule has 0 amide bonds. The van der Waals surface area contributed by atoms with E-state index in [1.54, 1.807) is 0 Å². The van der Waals surface area contributed by atoms with E-state index >= 15 is 0 Å². The fourth-order valence-electron chi connectivity index (χ4n) is 1.23. The first-order valence-electron chi connectivity index (χ1n) is 4.54. The molecule has 0 atom stereocenters. The number of nitrogens with zero attached hydrogens (tertiary/aromatic N) is 1. The molecule has 0 fully saturated rings. The zero-order valence-corrected chi connectivity index (χ0v) is 8.79. The van der Waals surface area contributed by atoms with Crippen molar-refractivity contribution in [2.45, 2.75) is 19.5 Å². The van der Waals surface area contributed by atoms with Crippen LogP contribution in [0.25, 0.3) is 0 Å². The smallest absolute Gasteiger partial charge is 0.481 e. The number of carboxylic acids is 1. The van der Waals surface area contributed by atoms with Gasteiger partial charge in [0.1, 0.15) is 18.2 Å². The number of carboxylic acid groups (broad SMARTS) is 1. The average Bonchev–Trinajstić information content (AvgIpc) is 2.20. The van der Waals surface area contributed by atoms with Crippen molar-refractivity contribution in [2.24, 2.45) is 0 Å². The highest BCUT2D eigenvalue weighted by Crippen LogP contribution is 2.30. The molecule has 0 radical (unpaired) electrons. The monoisotopic (exact) mass is 268 g/mol. The Morgan fingerprint density at radius 1 is 1.50 bits per heavy atom. The second kappa shape index (κ2) is 5.07. The van der Waals surface area contributed by atoms with Gasteiger partial charge in [-0.05, 0) is 0 Å². The van der Waals surface area contributed by atoms with Crippen molar-refractivity contribution in [3.05, 3.63) is 17.3 Å². The van der Waals surface area contributed by atoms with Crippen LogP contribution < -0.4 is 10.5 Å². The second-order valence-corrected chi connectivity index (χ2v) is 3.23. The molecule has 1 rings (SSSR count). The molecular formula is C9H8F4N2O3. The molecule has 0 saturated carbocycles. The summed E-state index contributed by atoms with van der Waals surface area (Å²) in [6.07, 6.45) is -5.84. The summed E-state index contributed by atoms with van der Waals surface area (Å²) in [5.41, 5.74) is 4.46. The van der Waals surface area contributed by atoms with Crippen LogP contribution >= 0.6 is 0 Å². The highest BCUT2D eigenvalue weighted by atomic mass is 19.4. The quantitative estimate of drug-likeness (QED) is 0.811. The van der Waals surface area contributed by atoms with Crippen molar-refractivity contribution in [3.8, 4) is 5.75 Å². The summed E-state index contributed by atoms with van der Waals surface area (Å²) in [5.74, 6) is -2.78. The van der Waals surface area contributed by atoms with E-state index in [1.165, 1.54) is 0 Å². The largest absolute Gasteiger partial charge is 0.573 e. The second-order valence-electron chi connectivity index (χ2n) is 3.23. The number of alkyl halides is 4. The summed E-state index contributed by atoms with van der Waals surface area (Å²) in [7, 11) is 0. The number of aromatic nitrogens is 1. The Bertz CT molecular complexity index is 462. The Kier molecular flexibility index (Phi) is 3.94. The van der Waals surface area contributed by atoms with Crippen LogP contribution in [0.2, 0.25) is 0 Å². The predicted octanol–water partition coefficient (Wildman–Crippen LogP) is 1.66. The Hall–Kier alpha value is -2.06. The van der Waals surface area contributed by atoms with E-state index in [1.807, 2.05) is 0 Å². The zero-order chi connectivity index (χ0) is 13.9. The van der Waals surface area contributed by atoms with Crippen molar-refractivity contribution < 1.29 is 32.2 Å². The lowest BCUT2D eigenvalue weighted by Gasteiger charge is -2.14. The molecule has 9 heteroatoms. The third kappa shape index (κ3) is 3.75. The maximum absolute atomic E-state index is 12.3. The fourth-order valence-corrected chi connectivity index (χ4v) is 1.23. The first-order valence-corrected chi connectivity index (χ1v) is 4.54. The number of nitrogens with two attached hydrogens (primary N) is 1. The number of anilines is 1. The molecular weight excluding hydrogens is 260 g/mol. The maximum Gasteiger partial charge on any atom is 0.573 e. The van der Waals surface area contributed by atoms with Crippen LogP contribution in [0.15, 0.2) is 6.07 Å². The number of rotatable bonds is 4. The third-order valence-corrected chi connectivity index (χ3v) is 1.86. The lowest BCUT2D eigenvalue weighted by molar-refractivity contribution is -0.274. The lowest BCUT2D eigenvalue weighted by atomic mass is 10.1. The van der Waals surface area contributed by atoms with E-state index in [2.05, 4.69) is 9.72 Å². The highest BCUT2D eigenvalue weighted by molar-refractivity contribution is 5.74. The molecule has 0 unspecified atom stereocenters. The molecule has 0 saturated heterocycles. The van der Waals surface area contributed by atoms with Crippen molar-refractivity contribution in [1.29, 1.82) is 0 Å². The molecule has 1 aromatic heterocycles. The summed E-state index contributed by atoms with van der Waals surface area (Å²) in [6, 6.07) is 0.669. The molecule has 0 aromatic carbocycles. The summed E-state index contributed by atoms with van der Waals surface area (Å²) < 4.78 is 52.3. The van der Waals surface area contributed by atoms with Gasteiger partial charge in [0.05, 0.1) is 12.1 Å². The number of aliphatic carboxylic acids is 1. The van der Waals surface area contributed by atoms with Crippen molar-refractivity contribution in [2.75, 3.05) is 5.73 Å². The molecule has 1 heterocycles. The van der Waals surface area contributed by atoms with Crippen LogP contribution in [0.5, 0.6) is 5.75 Å². The van der Waals surface area contributed by atoms with E-state index < -0.39 is 42.6 Å². The third-order valence-electron chi connectivity index (χ3n) is 1.86. The Morgan fingerprint density at radius 2 is 2.11 bits per heavy atom. The molecule has 0 spiro atoms. The number of carbonyl (C=O) groups is 1. The van der Waals surface area contributed by atoms with E-state index in [4.69, 9.17) is 10.8 Å². The van der Waals surface area contributed by atoms with Gasteiger partial charge in [-0.15, -0.1) is 13.2 Å². The molecule has 0 aliphatic rings. The van der Waals surface area contributed by atoms with Crippen LogP contribution in [0.3, 0.4) is 0 Å². The van der Waals surface area contributed by atoms with E-state index in [-0.39, 0.29) is 5.69 Å². The molecule has 3 N–H and O–H groups in total. The van der Waals surface area contributed by atoms with Crippen LogP contribution in [-0.4, -0.2) is 22.4 Å². The normalized spacial score (nSPS) is 11.3. The summed E-state index contributed by atoms with van der Waals surface area (Å²) in [4.78, 5) is 13.9. The number of hydrogen-bond acceptors (Lipinski definition) is 4. The van der Waals surface area contributed by atoms with E-state index in [9.17, 15) is 22.4 Å². The van der Waals surface area contributed by atoms with Crippen LogP contribution in [0.4, 0.5) is 23.4 Å². The standard InChI is InChI=1S/C9H8F4N2O3/c10-3-4-1-6(18-9(11,12)13)5(2-7(16)17)8(14)15-4/h1H,2-3H2,(H2,14,15)(H,16,17). The number of ether oxygens (including phenoxy) is 1. The van der Waals surface area contributed by atoms with Gasteiger partial charge in [-0.3, -0.25) is 4.79 Å². The molecule has 0 bridgehead atoms. The van der Waals surface area contributed by atoms with Gasteiger partial charge in [0.25, 0.3) is 0 Å². The Balaban J connectivity index is 3.24. The number of pyridine rings is 1. The predicted molar refractivity (Wildman–Crippen MR) is 51.5 cm³/mol. The van der Waals surface area contributed by atoms with Crippen molar-refractivity contribution in [1.82, 2.24) is 4.98 Å². The number of halogens is 4. The maximum atomic E-state index is 12.3. The summed E-state index contributed by atoms with van der Waals surface area (Å²) in [6.45, 7) is -1.15. The van der Waals surface area contributed by atoms with Gasteiger partial charge in [-0.2, -0.15) is 0 Å². The van der Waals surface area contributed by atoms with E-state index in [0.717, 1.165) is 0 Å². The van der Waals surface area contributed by atoms with Gasteiger partial charge < -0.3 is 15.6 Å². The van der Waals surface area contributed by atoms with E-state index in [0.29, 0.717) is 6.07 Å². The van der Waals surface area contributed by atoms with Gasteiger partial charge in [0.15, 0.2) is 0 Å². The first-order chi connectivity index (χ1) is 8.23. The minimum absolute atomic E-state index is 0.374. The molecule has 0 aliphatic carbocycles. The van der Waals surface area contributed by atoms with Gasteiger partial charge in [0.2, 0.25) is 0 Å². The van der Waals surface area contributed by atoms with Gasteiger partial charge in [-0.1, -0.05) is 0 Å². The molecule has 100 valence electrons. The SMILES string of the molecule is Nc1nc(CF)cc(OC(F)(F)F)c1CC(=O)O. The Morgan fingerprint density at radius 3 is 2.56 bits per heavy atom. The average molecular weight is 268 g/mol. The fraction of sp³-hybridized carbons (Fsp3) is 0.333. The van der Waals surface area contributed by atoms with Crippen molar-refractivity contribution >= 4 is 11.8 Å². The highest BCUT2D eigenvalue weighted by Gasteiger charge is 2.33. The molecule has 18 heavy (non-hydrogen) atoms. The molecule has 1 aromatic rings. The topological polar surface area (TPSA) is 85.4 Å². The Labute approximate surface area is 98.2 Å². The van der Waals surface area contributed by atoms with Gasteiger partial charge >= 0.3 is 12.3 Å². The number of nitrogen functional groups attached to an aromatic ring is 1. The van der Waals surface area contributed by atoms with Crippen LogP contribution in [-0.2, 0) is 17.9 Å².